The van der Waals surface area contributed by atoms with Crippen LogP contribution in [0.4, 0.5) is 24.8 Å². The third-order valence-corrected chi connectivity index (χ3v) is 6.71. The van der Waals surface area contributed by atoms with Crippen molar-refractivity contribution >= 4 is 34.1 Å². The van der Waals surface area contributed by atoms with Crippen molar-refractivity contribution in [3.8, 4) is 5.69 Å². The highest BCUT2D eigenvalue weighted by Gasteiger charge is 2.46. The second-order valence-electron chi connectivity index (χ2n) is 8.29. The smallest absolute Gasteiger partial charge is 0.336 e. The first-order valence-electron chi connectivity index (χ1n) is 11.5. The molecule has 2 aromatic carbocycles. The van der Waals surface area contributed by atoms with Gasteiger partial charge in [-0.3, -0.25) is 4.72 Å². The maximum Gasteiger partial charge on any atom is 0.516 e. The molecule has 8 nitrogen and oxygen atoms in total. The Balaban J connectivity index is 0.00000400. The Morgan fingerprint density at radius 2 is 1.58 bits per heavy atom. The minimum atomic E-state index is -5.47. The number of sulfonamides is 1. The summed E-state index contributed by atoms with van der Waals surface area (Å²) in [6.45, 7) is 3.02. The number of alkyl halides is 3. The van der Waals surface area contributed by atoms with E-state index in [2.05, 4.69) is 15.1 Å². The maximum absolute atomic E-state index is 12.6. The minimum absolute atomic E-state index is 0. The number of nitrogens with zero attached hydrogens (tertiary/aromatic N) is 5. The molecular formula is C25H26ClF3N6O2S. The van der Waals surface area contributed by atoms with Crippen LogP contribution in [0.1, 0.15) is 23.6 Å². The molecule has 0 aliphatic rings. The second-order valence-corrected chi connectivity index (χ2v) is 9.97. The molecule has 0 spiro atoms. The van der Waals surface area contributed by atoms with E-state index in [0.717, 1.165) is 28.8 Å². The van der Waals surface area contributed by atoms with E-state index in [0.29, 0.717) is 25.5 Å². The van der Waals surface area contributed by atoms with E-state index in [1.165, 1.54) is 12.1 Å². The van der Waals surface area contributed by atoms with E-state index >= 15 is 0 Å². The summed E-state index contributed by atoms with van der Waals surface area (Å²) in [6.07, 6.45) is 8.62. The van der Waals surface area contributed by atoms with Crippen LogP contribution in [-0.2, 0) is 29.4 Å². The van der Waals surface area contributed by atoms with E-state index in [1.807, 2.05) is 48.4 Å². The number of benzene rings is 2. The highest BCUT2D eigenvalue weighted by atomic mass is 35.5. The lowest BCUT2D eigenvalue weighted by Gasteiger charge is -2.22. The summed E-state index contributed by atoms with van der Waals surface area (Å²) < 4.78 is 63.8. The van der Waals surface area contributed by atoms with Crippen molar-refractivity contribution in [3.05, 3.63) is 96.1 Å². The van der Waals surface area contributed by atoms with E-state index in [4.69, 9.17) is 0 Å². The Bertz CT molecular complexity index is 1410. The largest absolute Gasteiger partial charge is 0.516 e. The van der Waals surface area contributed by atoms with Crippen molar-refractivity contribution in [1.82, 2.24) is 19.7 Å². The number of anilines is 2. The van der Waals surface area contributed by atoms with Gasteiger partial charge in [0.05, 0.1) is 11.9 Å². The first kappa shape index (κ1) is 28.9. The number of rotatable bonds is 10. The van der Waals surface area contributed by atoms with Crippen LogP contribution in [0, 0.1) is 0 Å². The summed E-state index contributed by atoms with van der Waals surface area (Å²) in [4.78, 5) is 11.0. The molecule has 0 amide bonds. The minimum Gasteiger partial charge on any atom is -0.336 e. The standard InChI is InChI=1S/C25H25F3N6O2S.ClH/c1-2-19-14-29-24(30-15-19)33(17-21-16-31-34(18-21)23-6-4-3-5-7-23)13-12-20-8-10-22(11-9-20)32-37(35,36)25(26,27)28;/h3-11,14-16,18,32H,2,12-13,17H2,1H3;1H. The molecule has 4 aromatic rings. The van der Waals surface area contributed by atoms with Gasteiger partial charge in [0.1, 0.15) is 0 Å². The highest BCUT2D eigenvalue weighted by Crippen LogP contribution is 2.25. The Labute approximate surface area is 225 Å². The van der Waals surface area contributed by atoms with Gasteiger partial charge in [-0.25, -0.2) is 14.6 Å². The van der Waals surface area contributed by atoms with Crippen molar-refractivity contribution in [2.75, 3.05) is 16.2 Å². The molecule has 2 aromatic heterocycles. The summed E-state index contributed by atoms with van der Waals surface area (Å²) in [5.41, 5.74) is -1.84. The zero-order valence-corrected chi connectivity index (χ0v) is 22.0. The topological polar surface area (TPSA) is 93.0 Å². The summed E-state index contributed by atoms with van der Waals surface area (Å²) in [5.74, 6) is 0.541. The molecule has 2 heterocycles. The molecule has 38 heavy (non-hydrogen) atoms. The molecule has 0 atom stereocenters. The van der Waals surface area contributed by atoms with E-state index in [-0.39, 0.29) is 18.1 Å². The van der Waals surface area contributed by atoms with Gasteiger partial charge in [0.15, 0.2) is 0 Å². The Morgan fingerprint density at radius 3 is 2.18 bits per heavy atom. The van der Waals surface area contributed by atoms with E-state index in [9.17, 15) is 21.6 Å². The molecule has 202 valence electrons. The molecule has 0 fully saturated rings. The first-order valence-corrected chi connectivity index (χ1v) is 13.0. The van der Waals surface area contributed by atoms with Gasteiger partial charge in [0, 0.05) is 42.9 Å². The average Bonchev–Trinajstić information content (AvgIpc) is 3.36. The van der Waals surface area contributed by atoms with Gasteiger partial charge < -0.3 is 4.90 Å². The van der Waals surface area contributed by atoms with Crippen LogP contribution in [0.2, 0.25) is 0 Å². The van der Waals surface area contributed by atoms with Crippen molar-refractivity contribution in [3.63, 3.8) is 0 Å². The van der Waals surface area contributed by atoms with Gasteiger partial charge in [0.25, 0.3) is 0 Å². The number of nitrogens with one attached hydrogen (secondary N) is 1. The van der Waals surface area contributed by atoms with Gasteiger partial charge in [-0.05, 0) is 48.2 Å². The SMILES string of the molecule is CCc1cnc(N(CCc2ccc(NS(=O)(=O)C(F)(F)F)cc2)Cc2cnn(-c3ccccc3)c2)nc1.Cl. The predicted molar refractivity (Wildman–Crippen MR) is 142 cm³/mol. The van der Waals surface area contributed by atoms with Gasteiger partial charge in [-0.15, -0.1) is 12.4 Å². The van der Waals surface area contributed by atoms with Crippen LogP contribution in [0.5, 0.6) is 0 Å². The molecule has 0 unspecified atom stereocenters. The fraction of sp³-hybridized carbons (Fsp3) is 0.240. The number of aromatic nitrogens is 4. The van der Waals surface area contributed by atoms with Crippen molar-refractivity contribution < 1.29 is 21.6 Å². The maximum atomic E-state index is 12.6. The normalized spacial score (nSPS) is 11.6. The lowest BCUT2D eigenvalue weighted by Crippen LogP contribution is -2.29. The Morgan fingerprint density at radius 1 is 0.921 bits per heavy atom. The van der Waals surface area contributed by atoms with Gasteiger partial charge >= 0.3 is 15.5 Å². The number of para-hydroxylation sites is 1. The number of halogens is 4. The van der Waals surface area contributed by atoms with Gasteiger partial charge in [0.2, 0.25) is 5.95 Å². The average molecular weight is 567 g/mol. The van der Waals surface area contributed by atoms with Crippen LogP contribution in [0.25, 0.3) is 5.69 Å². The number of hydrogen-bond acceptors (Lipinski definition) is 6. The van der Waals surface area contributed by atoms with Crippen LogP contribution < -0.4 is 9.62 Å². The molecule has 0 aliphatic carbocycles. The van der Waals surface area contributed by atoms with Crippen LogP contribution in [0.15, 0.2) is 79.4 Å². The van der Waals surface area contributed by atoms with Crippen molar-refractivity contribution in [2.45, 2.75) is 31.8 Å². The lowest BCUT2D eigenvalue weighted by molar-refractivity contribution is -0.0429. The second kappa shape index (κ2) is 12.3. The van der Waals surface area contributed by atoms with E-state index < -0.39 is 15.5 Å². The summed E-state index contributed by atoms with van der Waals surface area (Å²) in [7, 11) is -5.47. The fourth-order valence-electron chi connectivity index (χ4n) is 3.54. The number of aryl methyl sites for hydroxylation is 1. The fourth-order valence-corrected chi connectivity index (χ4v) is 4.11. The quantitative estimate of drug-likeness (QED) is 0.285. The summed E-state index contributed by atoms with van der Waals surface area (Å²) in [5, 5.41) is 4.45. The van der Waals surface area contributed by atoms with E-state index in [1.54, 1.807) is 40.1 Å². The zero-order chi connectivity index (χ0) is 26.5. The van der Waals surface area contributed by atoms with Crippen molar-refractivity contribution in [1.29, 1.82) is 0 Å². The molecule has 13 heteroatoms. The van der Waals surface area contributed by atoms with Crippen LogP contribution in [-0.4, -0.2) is 40.2 Å². The van der Waals surface area contributed by atoms with Gasteiger partial charge in [-0.1, -0.05) is 37.3 Å². The zero-order valence-electron chi connectivity index (χ0n) is 20.3. The third-order valence-electron chi connectivity index (χ3n) is 5.59. The molecule has 4 rings (SSSR count). The molecule has 0 saturated heterocycles. The monoisotopic (exact) mass is 566 g/mol. The third kappa shape index (κ3) is 7.23. The Kier molecular flexibility index (Phi) is 9.34. The molecule has 0 radical (unpaired) electrons. The summed E-state index contributed by atoms with van der Waals surface area (Å²) >= 11 is 0. The number of hydrogen-bond donors (Lipinski definition) is 1. The summed E-state index contributed by atoms with van der Waals surface area (Å²) in [6, 6.07) is 15.5. The molecular weight excluding hydrogens is 541 g/mol. The molecule has 0 bridgehead atoms. The highest BCUT2D eigenvalue weighted by molar-refractivity contribution is 7.93. The molecule has 1 N–H and O–H groups in total. The van der Waals surface area contributed by atoms with Crippen molar-refractivity contribution in [2.24, 2.45) is 0 Å². The first-order chi connectivity index (χ1) is 17.6. The Hall–Kier alpha value is -3.64. The lowest BCUT2D eigenvalue weighted by atomic mass is 10.1. The van der Waals surface area contributed by atoms with Crippen LogP contribution in [0.3, 0.4) is 0 Å². The van der Waals surface area contributed by atoms with Crippen LogP contribution >= 0.6 is 12.4 Å². The molecule has 0 aliphatic heterocycles. The van der Waals surface area contributed by atoms with Gasteiger partial charge in [-0.2, -0.15) is 26.7 Å². The molecule has 0 saturated carbocycles. The predicted octanol–water partition coefficient (Wildman–Crippen LogP) is 5.16.